The molecule has 0 saturated heterocycles. The number of hydrogen-bond donors (Lipinski definition) is 1. The van der Waals surface area contributed by atoms with Gasteiger partial charge in [-0.1, -0.05) is 23.0 Å². The van der Waals surface area contributed by atoms with Gasteiger partial charge < -0.3 is 10.3 Å². The normalized spacial score (nSPS) is 26.9. The summed E-state index contributed by atoms with van der Waals surface area (Å²) in [5.74, 6) is 1.88. The standard InChI is InChI=1S/C13H19N5OS/c1-3-9-4-6-13(14,7-5-9)12-15-11(19-17-12)10-8(2)16-18-20-10/h9H,3-7,14H2,1-2H3. The maximum atomic E-state index is 6.49. The molecular weight excluding hydrogens is 274 g/mol. The van der Waals surface area contributed by atoms with Crippen LogP contribution in [0.4, 0.5) is 0 Å². The van der Waals surface area contributed by atoms with Crippen molar-refractivity contribution in [3.05, 3.63) is 11.5 Å². The van der Waals surface area contributed by atoms with E-state index in [4.69, 9.17) is 10.3 Å². The van der Waals surface area contributed by atoms with Gasteiger partial charge in [-0.05, 0) is 50.1 Å². The molecule has 1 saturated carbocycles. The van der Waals surface area contributed by atoms with Gasteiger partial charge in [-0.3, -0.25) is 0 Å². The van der Waals surface area contributed by atoms with Gasteiger partial charge in [-0.2, -0.15) is 4.98 Å². The van der Waals surface area contributed by atoms with Crippen LogP contribution in [0.15, 0.2) is 4.52 Å². The summed E-state index contributed by atoms with van der Waals surface area (Å²) in [6, 6.07) is 0. The molecule has 0 radical (unpaired) electrons. The Hall–Kier alpha value is -1.34. The number of hydrogen-bond acceptors (Lipinski definition) is 7. The molecule has 2 aromatic heterocycles. The lowest BCUT2D eigenvalue weighted by Crippen LogP contribution is -2.41. The SMILES string of the molecule is CCC1CCC(N)(c2noc(-c3snnc3C)n2)CC1. The summed E-state index contributed by atoms with van der Waals surface area (Å²) in [5.41, 5.74) is 6.86. The first-order valence-corrected chi connectivity index (χ1v) is 7.82. The van der Waals surface area contributed by atoms with Crippen molar-refractivity contribution in [2.24, 2.45) is 11.7 Å². The zero-order valence-electron chi connectivity index (χ0n) is 11.8. The summed E-state index contributed by atoms with van der Waals surface area (Å²) < 4.78 is 9.24. The van der Waals surface area contributed by atoms with E-state index < -0.39 is 5.54 Å². The van der Waals surface area contributed by atoms with Crippen LogP contribution in [-0.2, 0) is 5.54 Å². The van der Waals surface area contributed by atoms with Crippen molar-refractivity contribution in [1.29, 1.82) is 0 Å². The van der Waals surface area contributed by atoms with Crippen molar-refractivity contribution >= 4 is 11.5 Å². The Kier molecular flexibility index (Phi) is 3.55. The fraction of sp³-hybridized carbons (Fsp3) is 0.692. The molecule has 0 bridgehead atoms. The molecule has 1 aliphatic carbocycles. The predicted octanol–water partition coefficient (Wildman–Crippen LogP) is 2.65. The van der Waals surface area contributed by atoms with Gasteiger partial charge in [0, 0.05) is 0 Å². The second kappa shape index (κ2) is 5.21. The van der Waals surface area contributed by atoms with Crippen LogP contribution in [0.25, 0.3) is 10.8 Å². The largest absolute Gasteiger partial charge is 0.333 e. The van der Waals surface area contributed by atoms with Crippen LogP contribution >= 0.6 is 11.5 Å². The topological polar surface area (TPSA) is 90.7 Å². The van der Waals surface area contributed by atoms with Gasteiger partial charge in [0.05, 0.1) is 11.2 Å². The third-order valence-corrected chi connectivity index (χ3v) is 5.11. The van der Waals surface area contributed by atoms with Gasteiger partial charge in [0.2, 0.25) is 0 Å². The number of aromatic nitrogens is 4. The molecule has 2 aromatic rings. The van der Waals surface area contributed by atoms with Crippen molar-refractivity contribution in [2.75, 3.05) is 0 Å². The first-order chi connectivity index (χ1) is 9.62. The van der Waals surface area contributed by atoms with Crippen molar-refractivity contribution in [3.8, 4) is 10.8 Å². The molecule has 1 fully saturated rings. The Balaban J connectivity index is 1.82. The third-order valence-electron chi connectivity index (χ3n) is 4.29. The molecular formula is C13H19N5OS. The number of rotatable bonds is 3. The maximum Gasteiger partial charge on any atom is 0.271 e. The number of nitrogens with zero attached hydrogens (tertiary/aromatic N) is 4. The van der Waals surface area contributed by atoms with Gasteiger partial charge in [-0.25, -0.2) is 0 Å². The van der Waals surface area contributed by atoms with Crippen LogP contribution in [0.2, 0.25) is 0 Å². The second-order valence-electron chi connectivity index (χ2n) is 5.62. The zero-order valence-corrected chi connectivity index (χ0v) is 12.6. The van der Waals surface area contributed by atoms with Crippen molar-refractivity contribution < 1.29 is 4.52 Å². The molecule has 0 aromatic carbocycles. The molecule has 0 aliphatic heterocycles. The monoisotopic (exact) mass is 293 g/mol. The van der Waals surface area contributed by atoms with Crippen LogP contribution in [0.3, 0.4) is 0 Å². The molecule has 1 aliphatic rings. The Morgan fingerprint density at radius 2 is 2.15 bits per heavy atom. The summed E-state index contributed by atoms with van der Waals surface area (Å²) >= 11 is 1.27. The van der Waals surface area contributed by atoms with Crippen molar-refractivity contribution in [2.45, 2.75) is 51.5 Å². The minimum Gasteiger partial charge on any atom is -0.333 e. The molecule has 7 heteroatoms. The fourth-order valence-electron chi connectivity index (χ4n) is 2.77. The van der Waals surface area contributed by atoms with Crippen molar-refractivity contribution in [1.82, 2.24) is 19.7 Å². The summed E-state index contributed by atoms with van der Waals surface area (Å²) in [7, 11) is 0. The minimum absolute atomic E-state index is 0.445. The zero-order chi connectivity index (χ0) is 14.2. The lowest BCUT2D eigenvalue weighted by Gasteiger charge is -2.34. The van der Waals surface area contributed by atoms with Gasteiger partial charge in [0.1, 0.15) is 4.88 Å². The molecule has 0 spiro atoms. The highest BCUT2D eigenvalue weighted by Gasteiger charge is 2.37. The number of nitrogens with two attached hydrogens (primary N) is 1. The molecule has 3 rings (SSSR count). The van der Waals surface area contributed by atoms with Crippen LogP contribution in [-0.4, -0.2) is 19.7 Å². The summed E-state index contributed by atoms with van der Waals surface area (Å²) in [4.78, 5) is 5.32. The predicted molar refractivity (Wildman–Crippen MR) is 76.1 cm³/mol. The lowest BCUT2D eigenvalue weighted by molar-refractivity contribution is 0.216. The van der Waals surface area contributed by atoms with Crippen LogP contribution < -0.4 is 5.73 Å². The Morgan fingerprint density at radius 1 is 1.40 bits per heavy atom. The van der Waals surface area contributed by atoms with E-state index in [0.717, 1.165) is 42.2 Å². The molecule has 0 unspecified atom stereocenters. The first kappa shape index (κ1) is 13.6. The highest BCUT2D eigenvalue weighted by atomic mass is 32.1. The lowest BCUT2D eigenvalue weighted by atomic mass is 9.76. The van der Waals surface area contributed by atoms with E-state index in [0.29, 0.717) is 11.7 Å². The maximum absolute atomic E-state index is 6.49. The molecule has 2 N–H and O–H groups in total. The van der Waals surface area contributed by atoms with Crippen LogP contribution in [0.5, 0.6) is 0 Å². The molecule has 20 heavy (non-hydrogen) atoms. The van der Waals surface area contributed by atoms with E-state index in [2.05, 4.69) is 26.7 Å². The average Bonchev–Trinajstić information content (AvgIpc) is 3.08. The van der Waals surface area contributed by atoms with E-state index in [1.54, 1.807) is 0 Å². The molecule has 6 nitrogen and oxygen atoms in total. The van der Waals surface area contributed by atoms with E-state index in [9.17, 15) is 0 Å². The molecule has 0 amide bonds. The number of aryl methyl sites for hydroxylation is 1. The van der Waals surface area contributed by atoms with Crippen LogP contribution in [0.1, 0.15) is 50.5 Å². The van der Waals surface area contributed by atoms with E-state index in [-0.39, 0.29) is 0 Å². The summed E-state index contributed by atoms with van der Waals surface area (Å²) in [6.45, 7) is 4.12. The molecule has 0 atom stereocenters. The minimum atomic E-state index is -0.445. The van der Waals surface area contributed by atoms with Gasteiger partial charge in [-0.15, -0.1) is 5.10 Å². The molecule has 108 valence electrons. The van der Waals surface area contributed by atoms with Crippen molar-refractivity contribution in [3.63, 3.8) is 0 Å². The Bertz CT molecular complexity index is 585. The van der Waals surface area contributed by atoms with E-state index >= 15 is 0 Å². The Morgan fingerprint density at radius 3 is 2.75 bits per heavy atom. The first-order valence-electron chi connectivity index (χ1n) is 7.05. The summed E-state index contributed by atoms with van der Waals surface area (Å²) in [5, 5.41) is 8.06. The van der Waals surface area contributed by atoms with Gasteiger partial charge >= 0.3 is 0 Å². The smallest absolute Gasteiger partial charge is 0.271 e. The highest BCUT2D eigenvalue weighted by molar-refractivity contribution is 7.09. The highest BCUT2D eigenvalue weighted by Crippen LogP contribution is 2.38. The van der Waals surface area contributed by atoms with Gasteiger partial charge in [0.15, 0.2) is 5.82 Å². The fourth-order valence-corrected chi connectivity index (χ4v) is 3.35. The third kappa shape index (κ3) is 2.35. The Labute approximate surface area is 121 Å². The van der Waals surface area contributed by atoms with Crippen LogP contribution in [0, 0.1) is 12.8 Å². The quantitative estimate of drug-likeness (QED) is 0.935. The average molecular weight is 293 g/mol. The van der Waals surface area contributed by atoms with Gasteiger partial charge in [0.25, 0.3) is 5.89 Å². The van der Waals surface area contributed by atoms with E-state index in [1.807, 2.05) is 6.92 Å². The summed E-state index contributed by atoms with van der Waals surface area (Å²) in [6.07, 6.45) is 5.34. The van der Waals surface area contributed by atoms with E-state index in [1.165, 1.54) is 18.0 Å². The second-order valence-corrected chi connectivity index (χ2v) is 6.37. The molecule has 2 heterocycles.